The van der Waals surface area contributed by atoms with Gasteiger partial charge in [0.1, 0.15) is 0 Å². The van der Waals surface area contributed by atoms with Crippen LogP contribution in [0.15, 0.2) is 0 Å². The Bertz CT molecular complexity index is 163. The van der Waals surface area contributed by atoms with Crippen LogP contribution in [0.5, 0.6) is 0 Å². The van der Waals surface area contributed by atoms with Gasteiger partial charge in [0, 0.05) is 6.42 Å². The molecule has 0 heterocycles. The van der Waals surface area contributed by atoms with Crippen LogP contribution in [0.3, 0.4) is 0 Å². The molecular weight excluding hydrogens is 178 g/mol. The number of aliphatic carboxylic acids is 1. The molecule has 3 heteroatoms. The van der Waals surface area contributed by atoms with E-state index in [4.69, 9.17) is 5.11 Å². The predicted molar refractivity (Wildman–Crippen MR) is 58.2 cm³/mol. The lowest BCUT2D eigenvalue weighted by Gasteiger charge is -2.34. The summed E-state index contributed by atoms with van der Waals surface area (Å²) < 4.78 is 1.03. The number of carboxylic acid groups (broad SMARTS) is 1. The Morgan fingerprint density at radius 2 is 1.64 bits per heavy atom. The molecule has 0 spiro atoms. The Kier molecular flexibility index (Phi) is 6.54. The second-order valence-corrected chi connectivity index (χ2v) is 4.29. The van der Waals surface area contributed by atoms with E-state index in [0.717, 1.165) is 30.5 Å². The Labute approximate surface area is 87.3 Å². The molecule has 0 bridgehead atoms. The Morgan fingerprint density at radius 3 is 2.00 bits per heavy atom. The van der Waals surface area contributed by atoms with Crippen LogP contribution >= 0.6 is 0 Å². The maximum atomic E-state index is 10.4. The van der Waals surface area contributed by atoms with Crippen molar-refractivity contribution in [2.45, 2.75) is 39.5 Å². The monoisotopic (exact) mass is 202 g/mol. The molecule has 0 saturated heterocycles. The van der Waals surface area contributed by atoms with Crippen molar-refractivity contribution in [3.63, 3.8) is 0 Å². The summed E-state index contributed by atoms with van der Waals surface area (Å²) in [5, 5.41) is 8.56. The lowest BCUT2D eigenvalue weighted by atomic mass is 10.2. The van der Waals surface area contributed by atoms with E-state index in [1.807, 2.05) is 0 Å². The van der Waals surface area contributed by atoms with Gasteiger partial charge in [-0.2, -0.15) is 0 Å². The third kappa shape index (κ3) is 5.97. The second-order valence-electron chi connectivity index (χ2n) is 4.29. The third-order valence-electron chi connectivity index (χ3n) is 2.62. The zero-order chi connectivity index (χ0) is 11.0. The van der Waals surface area contributed by atoms with Gasteiger partial charge in [0.15, 0.2) is 0 Å². The first-order valence-electron chi connectivity index (χ1n) is 5.59. The van der Waals surface area contributed by atoms with Gasteiger partial charge in [-0.15, -0.1) is 0 Å². The molecule has 0 fully saturated rings. The molecule has 0 radical (unpaired) electrons. The van der Waals surface area contributed by atoms with Crippen LogP contribution in [0.1, 0.15) is 39.5 Å². The van der Waals surface area contributed by atoms with Gasteiger partial charge in [-0.25, -0.2) is 0 Å². The quantitative estimate of drug-likeness (QED) is 0.612. The van der Waals surface area contributed by atoms with E-state index in [9.17, 15) is 4.79 Å². The third-order valence-corrected chi connectivity index (χ3v) is 2.62. The highest BCUT2D eigenvalue weighted by molar-refractivity contribution is 5.66. The predicted octanol–water partition coefficient (Wildman–Crippen LogP) is 2.12. The molecule has 0 amide bonds. The number of hydrogen-bond acceptors (Lipinski definition) is 1. The summed E-state index contributed by atoms with van der Waals surface area (Å²) >= 11 is 0. The van der Waals surface area contributed by atoms with Crippen LogP contribution in [0, 0.1) is 0 Å². The fraction of sp³-hybridized carbons (Fsp3) is 0.909. The molecular formula is C11H24NO2+. The van der Waals surface area contributed by atoms with Crippen LogP contribution in [0.25, 0.3) is 0 Å². The average Bonchev–Trinajstić information content (AvgIpc) is 2.03. The van der Waals surface area contributed by atoms with Gasteiger partial charge < -0.3 is 9.59 Å². The molecule has 3 nitrogen and oxygen atoms in total. The average molecular weight is 202 g/mol. The Hall–Kier alpha value is -0.570. The minimum Gasteiger partial charge on any atom is -0.481 e. The van der Waals surface area contributed by atoms with E-state index in [1.165, 1.54) is 12.8 Å². The number of carbonyl (C=O) groups is 1. The van der Waals surface area contributed by atoms with E-state index in [1.54, 1.807) is 0 Å². The maximum absolute atomic E-state index is 10.4. The van der Waals surface area contributed by atoms with E-state index < -0.39 is 5.97 Å². The molecule has 84 valence electrons. The van der Waals surface area contributed by atoms with Crippen molar-refractivity contribution in [3.8, 4) is 0 Å². The number of nitrogens with zero attached hydrogens (tertiary/aromatic N) is 1. The standard InChI is InChI=1S/C11H23NO2/c1-4-8-12(3,9-5-2)10-6-7-11(13)14/h4-10H2,1-3H3/p+1. The van der Waals surface area contributed by atoms with Crippen molar-refractivity contribution < 1.29 is 14.4 Å². The first-order chi connectivity index (χ1) is 6.54. The SMILES string of the molecule is CCC[N+](C)(CCC)CCCC(=O)O. The summed E-state index contributed by atoms with van der Waals surface area (Å²) in [6.07, 6.45) is 3.44. The van der Waals surface area contributed by atoms with Crippen molar-refractivity contribution >= 4 is 5.97 Å². The molecule has 0 saturated carbocycles. The highest BCUT2D eigenvalue weighted by Gasteiger charge is 2.18. The van der Waals surface area contributed by atoms with Crippen LogP contribution in [0.4, 0.5) is 0 Å². The summed E-state index contributed by atoms with van der Waals surface area (Å²) in [5.41, 5.74) is 0. The first kappa shape index (κ1) is 13.4. The molecule has 0 atom stereocenters. The molecule has 0 rings (SSSR count). The topological polar surface area (TPSA) is 37.3 Å². The maximum Gasteiger partial charge on any atom is 0.303 e. The minimum atomic E-state index is -0.676. The number of rotatable bonds is 8. The summed E-state index contributed by atoms with van der Waals surface area (Å²) in [7, 11) is 2.23. The van der Waals surface area contributed by atoms with E-state index in [2.05, 4.69) is 20.9 Å². The molecule has 0 aromatic heterocycles. The van der Waals surface area contributed by atoms with Gasteiger partial charge in [-0.1, -0.05) is 13.8 Å². The molecule has 0 aromatic rings. The fourth-order valence-electron chi connectivity index (χ4n) is 2.03. The molecule has 0 aromatic carbocycles. The second kappa shape index (κ2) is 6.82. The van der Waals surface area contributed by atoms with Crippen LogP contribution in [-0.4, -0.2) is 42.2 Å². The normalized spacial score (nSPS) is 11.6. The van der Waals surface area contributed by atoms with E-state index in [-0.39, 0.29) is 0 Å². The minimum absolute atomic E-state index is 0.307. The Balaban J connectivity index is 3.88. The number of hydrogen-bond donors (Lipinski definition) is 1. The first-order valence-corrected chi connectivity index (χ1v) is 5.59. The van der Waals surface area contributed by atoms with Crippen LogP contribution in [-0.2, 0) is 4.79 Å². The molecule has 0 unspecified atom stereocenters. The summed E-state index contributed by atoms with van der Waals surface area (Å²) in [6, 6.07) is 0. The lowest BCUT2D eigenvalue weighted by Crippen LogP contribution is -2.46. The van der Waals surface area contributed by atoms with Crippen molar-refractivity contribution in [2.24, 2.45) is 0 Å². The van der Waals surface area contributed by atoms with Gasteiger partial charge in [0.2, 0.25) is 0 Å². The van der Waals surface area contributed by atoms with E-state index in [0.29, 0.717) is 6.42 Å². The lowest BCUT2D eigenvalue weighted by molar-refractivity contribution is -0.909. The zero-order valence-electron chi connectivity index (χ0n) is 9.75. The number of carboxylic acids is 1. The van der Waals surface area contributed by atoms with Crippen molar-refractivity contribution in [2.75, 3.05) is 26.7 Å². The van der Waals surface area contributed by atoms with Gasteiger partial charge in [0.05, 0.1) is 33.1 Å². The van der Waals surface area contributed by atoms with Gasteiger partial charge >= 0.3 is 5.97 Å². The highest BCUT2D eigenvalue weighted by Crippen LogP contribution is 2.08. The summed E-state index contributed by atoms with van der Waals surface area (Å²) in [6.45, 7) is 7.68. The molecule has 1 N–H and O–H groups in total. The van der Waals surface area contributed by atoms with Crippen LogP contribution in [0.2, 0.25) is 0 Å². The Morgan fingerprint density at radius 1 is 1.14 bits per heavy atom. The van der Waals surface area contributed by atoms with Crippen molar-refractivity contribution in [1.29, 1.82) is 0 Å². The molecule has 0 aliphatic rings. The molecule has 14 heavy (non-hydrogen) atoms. The number of quaternary nitrogens is 1. The summed E-state index contributed by atoms with van der Waals surface area (Å²) in [4.78, 5) is 10.4. The van der Waals surface area contributed by atoms with Gasteiger partial charge in [-0.05, 0) is 12.8 Å². The smallest absolute Gasteiger partial charge is 0.303 e. The highest BCUT2D eigenvalue weighted by atomic mass is 16.4. The van der Waals surface area contributed by atoms with Gasteiger partial charge in [0.25, 0.3) is 0 Å². The largest absolute Gasteiger partial charge is 0.481 e. The van der Waals surface area contributed by atoms with E-state index >= 15 is 0 Å². The zero-order valence-corrected chi connectivity index (χ0v) is 9.75. The fourth-order valence-corrected chi connectivity index (χ4v) is 2.03. The molecule has 0 aliphatic carbocycles. The summed E-state index contributed by atoms with van der Waals surface area (Å²) in [5.74, 6) is -0.676. The molecule has 0 aliphatic heterocycles. The van der Waals surface area contributed by atoms with Gasteiger partial charge in [-0.3, -0.25) is 4.79 Å². The van der Waals surface area contributed by atoms with Crippen molar-refractivity contribution in [3.05, 3.63) is 0 Å². The van der Waals surface area contributed by atoms with Crippen molar-refractivity contribution in [1.82, 2.24) is 0 Å². The van der Waals surface area contributed by atoms with Crippen LogP contribution < -0.4 is 0 Å².